The fraction of sp³-hybridized carbons (Fsp3) is 0.455. The van der Waals surface area contributed by atoms with E-state index in [9.17, 15) is 15.2 Å². The van der Waals surface area contributed by atoms with E-state index in [1.807, 2.05) is 0 Å². The van der Waals surface area contributed by atoms with E-state index in [1.165, 1.54) is 25.1 Å². The van der Waals surface area contributed by atoms with Crippen molar-refractivity contribution < 1.29 is 19.9 Å². The molecule has 17 heavy (non-hydrogen) atoms. The molecule has 0 radical (unpaired) electrons. The number of aliphatic hydroxyl groups excluding tert-OH is 2. The lowest BCUT2D eigenvalue weighted by molar-refractivity contribution is -0.385. The molecule has 1 rings (SSSR count). The summed E-state index contributed by atoms with van der Waals surface area (Å²) in [5.74, 6) is 0.339. The van der Waals surface area contributed by atoms with Crippen LogP contribution in [0.3, 0.4) is 0 Å². The first-order valence-corrected chi connectivity index (χ1v) is 5.19. The minimum absolute atomic E-state index is 0.0670. The van der Waals surface area contributed by atoms with Crippen LogP contribution >= 0.6 is 0 Å². The van der Waals surface area contributed by atoms with Crippen molar-refractivity contribution in [3.8, 4) is 5.75 Å². The van der Waals surface area contributed by atoms with Gasteiger partial charge >= 0.3 is 0 Å². The zero-order valence-electron chi connectivity index (χ0n) is 9.66. The van der Waals surface area contributed by atoms with Crippen LogP contribution in [0.1, 0.15) is 25.5 Å². The summed E-state index contributed by atoms with van der Waals surface area (Å²) in [7, 11) is 0. The summed E-state index contributed by atoms with van der Waals surface area (Å²) in [6.45, 7) is 3.12. The highest BCUT2D eigenvalue weighted by Gasteiger charge is 2.15. The Balaban J connectivity index is 3.00. The largest absolute Gasteiger partial charge is 0.491 e. The zero-order valence-corrected chi connectivity index (χ0v) is 9.66. The minimum Gasteiger partial charge on any atom is -0.491 e. The van der Waals surface area contributed by atoms with Crippen LogP contribution in [0.4, 0.5) is 5.69 Å². The maximum atomic E-state index is 10.6. The van der Waals surface area contributed by atoms with Crippen molar-refractivity contribution in [3.63, 3.8) is 0 Å². The van der Waals surface area contributed by atoms with E-state index in [2.05, 4.69) is 0 Å². The standard InChI is InChI=1S/C11H15NO5/c1-7(13)6-17-11-4-3-9(12(15)16)5-10(11)8(2)14/h3-5,7-8,13-14H,6H2,1-2H3/t7?,8-/m1/s1. The van der Waals surface area contributed by atoms with Gasteiger partial charge in [0.15, 0.2) is 0 Å². The Morgan fingerprint density at radius 2 is 2.06 bits per heavy atom. The number of non-ortho nitro benzene ring substituents is 1. The molecule has 1 aromatic carbocycles. The molecule has 1 aromatic rings. The predicted molar refractivity (Wildman–Crippen MR) is 60.9 cm³/mol. The van der Waals surface area contributed by atoms with E-state index in [1.54, 1.807) is 6.92 Å². The maximum absolute atomic E-state index is 10.6. The minimum atomic E-state index is -0.876. The van der Waals surface area contributed by atoms with Crippen LogP contribution in [0.25, 0.3) is 0 Å². The van der Waals surface area contributed by atoms with Crippen LogP contribution in [0.2, 0.25) is 0 Å². The Morgan fingerprint density at radius 1 is 1.41 bits per heavy atom. The second-order valence-corrected chi connectivity index (χ2v) is 3.82. The number of nitrogens with zero attached hydrogens (tertiary/aromatic N) is 1. The lowest BCUT2D eigenvalue weighted by Gasteiger charge is -2.14. The fourth-order valence-electron chi connectivity index (χ4n) is 1.32. The summed E-state index contributed by atoms with van der Waals surface area (Å²) in [5.41, 5.74) is 0.227. The van der Waals surface area contributed by atoms with E-state index in [0.717, 1.165) is 0 Å². The summed E-state index contributed by atoms with van der Waals surface area (Å²) in [4.78, 5) is 10.1. The number of nitro groups is 1. The molecule has 0 aliphatic carbocycles. The monoisotopic (exact) mass is 241 g/mol. The summed E-state index contributed by atoms with van der Waals surface area (Å²) in [5, 5.41) is 29.2. The van der Waals surface area contributed by atoms with Gasteiger partial charge in [0, 0.05) is 17.7 Å². The quantitative estimate of drug-likeness (QED) is 0.600. The van der Waals surface area contributed by atoms with Crippen LogP contribution in [0.15, 0.2) is 18.2 Å². The van der Waals surface area contributed by atoms with Gasteiger partial charge in [-0.2, -0.15) is 0 Å². The summed E-state index contributed by atoms with van der Waals surface area (Å²) in [6, 6.07) is 3.98. The molecule has 0 amide bonds. The Bertz CT molecular complexity index is 403. The molecule has 2 N–H and O–H groups in total. The van der Waals surface area contributed by atoms with Gasteiger partial charge in [-0.15, -0.1) is 0 Å². The highest BCUT2D eigenvalue weighted by atomic mass is 16.6. The van der Waals surface area contributed by atoms with Crippen LogP contribution in [0, 0.1) is 10.1 Å². The number of nitro benzene ring substituents is 1. The lowest BCUT2D eigenvalue weighted by Crippen LogP contribution is -2.14. The molecule has 1 unspecified atom stereocenters. The topological polar surface area (TPSA) is 92.8 Å². The second kappa shape index (κ2) is 5.60. The van der Waals surface area contributed by atoms with Gasteiger partial charge in [-0.05, 0) is 19.9 Å². The Kier molecular flexibility index (Phi) is 4.42. The molecule has 0 saturated heterocycles. The average molecular weight is 241 g/mol. The Labute approximate surface area is 98.6 Å². The van der Waals surface area contributed by atoms with Crippen molar-refractivity contribution >= 4 is 5.69 Å². The van der Waals surface area contributed by atoms with Crippen molar-refractivity contribution in [2.24, 2.45) is 0 Å². The summed E-state index contributed by atoms with van der Waals surface area (Å²) >= 11 is 0. The maximum Gasteiger partial charge on any atom is 0.270 e. The molecule has 0 heterocycles. The predicted octanol–water partition coefficient (Wildman–Crippen LogP) is 1.41. The Hall–Kier alpha value is -1.66. The molecule has 0 fully saturated rings. The molecule has 6 heteroatoms. The third kappa shape index (κ3) is 3.69. The van der Waals surface area contributed by atoms with Crippen LogP contribution in [-0.4, -0.2) is 27.8 Å². The lowest BCUT2D eigenvalue weighted by atomic mass is 10.1. The zero-order chi connectivity index (χ0) is 13.0. The highest BCUT2D eigenvalue weighted by molar-refractivity contribution is 5.44. The van der Waals surface area contributed by atoms with E-state index >= 15 is 0 Å². The van der Waals surface area contributed by atoms with Crippen molar-refractivity contribution in [1.82, 2.24) is 0 Å². The first-order valence-electron chi connectivity index (χ1n) is 5.19. The van der Waals surface area contributed by atoms with Crippen LogP contribution in [0.5, 0.6) is 5.75 Å². The van der Waals surface area contributed by atoms with Crippen LogP contribution in [-0.2, 0) is 0 Å². The smallest absolute Gasteiger partial charge is 0.270 e. The SMILES string of the molecule is CC(O)COc1ccc([N+](=O)[O-])cc1[C@@H](C)O. The van der Waals surface area contributed by atoms with E-state index in [-0.39, 0.29) is 12.3 Å². The molecule has 2 atom stereocenters. The van der Waals surface area contributed by atoms with Crippen molar-refractivity contribution in [1.29, 1.82) is 0 Å². The van der Waals surface area contributed by atoms with E-state index in [4.69, 9.17) is 9.84 Å². The first kappa shape index (κ1) is 13.4. The van der Waals surface area contributed by atoms with Crippen molar-refractivity contribution in [2.75, 3.05) is 6.61 Å². The van der Waals surface area contributed by atoms with Crippen molar-refractivity contribution in [2.45, 2.75) is 26.1 Å². The number of benzene rings is 1. The number of rotatable bonds is 5. The molecule has 0 saturated carbocycles. The van der Waals surface area contributed by atoms with Crippen LogP contribution < -0.4 is 4.74 Å². The number of ether oxygens (including phenoxy) is 1. The third-order valence-electron chi connectivity index (χ3n) is 2.13. The molecular weight excluding hydrogens is 226 g/mol. The van der Waals surface area contributed by atoms with Gasteiger partial charge in [0.2, 0.25) is 0 Å². The van der Waals surface area contributed by atoms with Crippen molar-refractivity contribution in [3.05, 3.63) is 33.9 Å². The normalized spacial score (nSPS) is 14.1. The van der Waals surface area contributed by atoms with Gasteiger partial charge in [-0.1, -0.05) is 0 Å². The van der Waals surface area contributed by atoms with Gasteiger partial charge in [-0.25, -0.2) is 0 Å². The number of hydrogen-bond donors (Lipinski definition) is 2. The molecule has 94 valence electrons. The average Bonchev–Trinajstić information content (AvgIpc) is 2.25. The summed E-state index contributed by atoms with van der Waals surface area (Å²) in [6.07, 6.45) is -1.52. The van der Waals surface area contributed by atoms with Gasteiger partial charge in [0.25, 0.3) is 5.69 Å². The van der Waals surface area contributed by atoms with E-state index in [0.29, 0.717) is 11.3 Å². The number of aliphatic hydroxyl groups is 2. The molecule has 0 bridgehead atoms. The van der Waals surface area contributed by atoms with E-state index < -0.39 is 17.1 Å². The molecule has 6 nitrogen and oxygen atoms in total. The van der Waals surface area contributed by atoms with Gasteiger partial charge < -0.3 is 14.9 Å². The molecule has 0 aromatic heterocycles. The fourth-order valence-corrected chi connectivity index (χ4v) is 1.32. The highest BCUT2D eigenvalue weighted by Crippen LogP contribution is 2.29. The molecule has 0 spiro atoms. The molecular formula is C11H15NO5. The molecule has 0 aliphatic rings. The Morgan fingerprint density at radius 3 is 2.53 bits per heavy atom. The third-order valence-corrected chi connectivity index (χ3v) is 2.13. The van der Waals surface area contributed by atoms with Gasteiger partial charge in [-0.3, -0.25) is 10.1 Å². The van der Waals surface area contributed by atoms with Gasteiger partial charge in [0.1, 0.15) is 12.4 Å². The first-order chi connectivity index (χ1) is 7.91. The molecule has 0 aliphatic heterocycles. The summed E-state index contributed by atoms with van der Waals surface area (Å²) < 4.78 is 5.26. The number of hydrogen-bond acceptors (Lipinski definition) is 5. The second-order valence-electron chi connectivity index (χ2n) is 3.82. The van der Waals surface area contributed by atoms with Gasteiger partial charge in [0.05, 0.1) is 17.1 Å².